The third-order valence-electron chi connectivity index (χ3n) is 4.35. The van der Waals surface area contributed by atoms with Gasteiger partial charge in [-0.3, -0.25) is 9.88 Å². The van der Waals surface area contributed by atoms with Gasteiger partial charge in [-0.2, -0.15) is 0 Å². The van der Waals surface area contributed by atoms with E-state index in [1.807, 2.05) is 25.1 Å². The first-order valence-corrected chi connectivity index (χ1v) is 8.58. The van der Waals surface area contributed by atoms with Crippen molar-refractivity contribution in [2.45, 2.75) is 13.5 Å². The zero-order chi connectivity index (χ0) is 17.8. The number of nitrogens with zero attached hydrogens (tertiary/aromatic N) is 4. The Bertz CT molecular complexity index is 743. The molecular formula is C18H21ClN4O2. The maximum atomic E-state index is 11.7. The zero-order valence-electron chi connectivity index (χ0n) is 14.4. The van der Waals surface area contributed by atoms with Crippen LogP contribution in [0.1, 0.15) is 21.7 Å². The van der Waals surface area contributed by atoms with Crippen LogP contribution in [0.15, 0.2) is 30.5 Å². The van der Waals surface area contributed by atoms with Crippen molar-refractivity contribution >= 4 is 23.4 Å². The van der Waals surface area contributed by atoms with Gasteiger partial charge in [-0.1, -0.05) is 11.6 Å². The summed E-state index contributed by atoms with van der Waals surface area (Å²) >= 11 is 5.88. The second-order valence-corrected chi connectivity index (χ2v) is 6.46. The zero-order valence-corrected chi connectivity index (χ0v) is 15.2. The third kappa shape index (κ3) is 4.27. The van der Waals surface area contributed by atoms with E-state index in [1.54, 1.807) is 12.3 Å². The fourth-order valence-corrected chi connectivity index (χ4v) is 3.03. The van der Waals surface area contributed by atoms with Gasteiger partial charge in [0.25, 0.3) is 0 Å². The molecule has 7 heteroatoms. The van der Waals surface area contributed by atoms with Crippen molar-refractivity contribution in [1.29, 1.82) is 0 Å². The van der Waals surface area contributed by atoms with Crippen LogP contribution in [-0.2, 0) is 11.3 Å². The van der Waals surface area contributed by atoms with Crippen LogP contribution < -0.4 is 4.90 Å². The first-order chi connectivity index (χ1) is 12.1. The van der Waals surface area contributed by atoms with Gasteiger partial charge in [-0.05, 0) is 31.2 Å². The molecule has 0 aliphatic carbocycles. The summed E-state index contributed by atoms with van der Waals surface area (Å²) in [5.74, 6) is 0.547. The Morgan fingerprint density at radius 1 is 1.20 bits per heavy atom. The van der Waals surface area contributed by atoms with E-state index in [2.05, 4.69) is 19.8 Å². The van der Waals surface area contributed by atoms with Gasteiger partial charge < -0.3 is 9.64 Å². The number of carbonyl (C=O) groups is 1. The normalized spacial score (nSPS) is 15.2. The number of hydrogen-bond donors (Lipinski definition) is 0. The van der Waals surface area contributed by atoms with Gasteiger partial charge in [0.2, 0.25) is 0 Å². The third-order valence-corrected chi connectivity index (χ3v) is 4.57. The monoisotopic (exact) mass is 360 g/mol. The van der Waals surface area contributed by atoms with Gasteiger partial charge in [0.15, 0.2) is 0 Å². The molecule has 0 aromatic carbocycles. The molecule has 1 fully saturated rings. The SMILES string of the molecule is COC(=O)c1ccc(N2CCN(Cc3ccc(Cl)cn3)CC2)nc1C. The summed E-state index contributed by atoms with van der Waals surface area (Å²) in [7, 11) is 1.38. The summed E-state index contributed by atoms with van der Waals surface area (Å²) in [4.78, 5) is 25.2. The average molecular weight is 361 g/mol. The number of pyridine rings is 2. The number of carbonyl (C=O) groups excluding carboxylic acids is 1. The van der Waals surface area contributed by atoms with Crippen LogP contribution in [-0.4, -0.2) is 54.1 Å². The average Bonchev–Trinajstić information content (AvgIpc) is 2.63. The van der Waals surface area contributed by atoms with Crippen LogP contribution >= 0.6 is 11.6 Å². The number of methoxy groups -OCH3 is 1. The number of piperazine rings is 1. The number of aromatic nitrogens is 2. The topological polar surface area (TPSA) is 58.6 Å². The number of esters is 1. The number of hydrogen-bond acceptors (Lipinski definition) is 6. The summed E-state index contributed by atoms with van der Waals surface area (Å²) < 4.78 is 4.77. The van der Waals surface area contributed by atoms with Crippen LogP contribution in [0.5, 0.6) is 0 Å². The molecule has 25 heavy (non-hydrogen) atoms. The molecule has 0 spiro atoms. The van der Waals surface area contributed by atoms with Crippen molar-refractivity contribution in [1.82, 2.24) is 14.9 Å². The van der Waals surface area contributed by atoms with Crippen LogP contribution in [0, 0.1) is 6.92 Å². The lowest BCUT2D eigenvalue weighted by atomic mass is 10.2. The van der Waals surface area contributed by atoms with E-state index in [-0.39, 0.29) is 5.97 Å². The fourth-order valence-electron chi connectivity index (χ4n) is 2.91. The van der Waals surface area contributed by atoms with Crippen LogP contribution in [0.25, 0.3) is 0 Å². The highest BCUT2D eigenvalue weighted by molar-refractivity contribution is 6.30. The van der Waals surface area contributed by atoms with E-state index < -0.39 is 0 Å². The Kier molecular flexibility index (Phi) is 5.50. The molecule has 1 aliphatic rings. The van der Waals surface area contributed by atoms with Crippen molar-refractivity contribution in [3.8, 4) is 0 Å². The van der Waals surface area contributed by atoms with Gasteiger partial charge in [0.05, 0.1) is 29.1 Å². The first kappa shape index (κ1) is 17.6. The van der Waals surface area contributed by atoms with Gasteiger partial charge in [0, 0.05) is 38.9 Å². The Labute approximate surface area is 152 Å². The summed E-state index contributed by atoms with van der Waals surface area (Å²) in [6.45, 7) is 6.29. The van der Waals surface area contributed by atoms with E-state index in [4.69, 9.17) is 16.3 Å². The van der Waals surface area contributed by atoms with Crippen LogP contribution in [0.3, 0.4) is 0 Å². The lowest BCUT2D eigenvalue weighted by Gasteiger charge is -2.35. The standard InChI is InChI=1S/C18H21ClN4O2/c1-13-16(18(24)25-2)5-6-17(21-13)23-9-7-22(8-10-23)12-15-4-3-14(19)11-20-15/h3-6,11H,7-10,12H2,1-2H3. The lowest BCUT2D eigenvalue weighted by molar-refractivity contribution is 0.0599. The highest BCUT2D eigenvalue weighted by atomic mass is 35.5. The smallest absolute Gasteiger partial charge is 0.339 e. The van der Waals surface area contributed by atoms with E-state index in [0.717, 1.165) is 44.2 Å². The molecule has 0 unspecified atom stereocenters. The first-order valence-electron chi connectivity index (χ1n) is 8.20. The second kappa shape index (κ2) is 7.80. The minimum atomic E-state index is -0.350. The van der Waals surface area contributed by atoms with E-state index >= 15 is 0 Å². The molecule has 0 amide bonds. The molecular weight excluding hydrogens is 340 g/mol. The minimum absolute atomic E-state index is 0.350. The van der Waals surface area contributed by atoms with Gasteiger partial charge in [-0.25, -0.2) is 9.78 Å². The highest BCUT2D eigenvalue weighted by Gasteiger charge is 2.20. The quantitative estimate of drug-likeness (QED) is 0.781. The molecule has 0 bridgehead atoms. The minimum Gasteiger partial charge on any atom is -0.465 e. The summed E-state index contributed by atoms with van der Waals surface area (Å²) in [5, 5.41) is 0.658. The molecule has 2 aromatic rings. The molecule has 0 radical (unpaired) electrons. The van der Waals surface area contributed by atoms with Gasteiger partial charge >= 0.3 is 5.97 Å². The number of aryl methyl sites for hydroxylation is 1. The predicted octanol–water partition coefficient (Wildman–Crippen LogP) is 2.55. The Balaban J connectivity index is 1.59. The van der Waals surface area contributed by atoms with Crippen molar-refractivity contribution in [3.63, 3.8) is 0 Å². The fraction of sp³-hybridized carbons (Fsp3) is 0.389. The van der Waals surface area contributed by atoms with Gasteiger partial charge in [0.1, 0.15) is 5.82 Å². The molecule has 0 saturated carbocycles. The van der Waals surface area contributed by atoms with Crippen LogP contribution in [0.2, 0.25) is 5.02 Å². The number of rotatable bonds is 4. The van der Waals surface area contributed by atoms with E-state index in [9.17, 15) is 4.79 Å². The highest BCUT2D eigenvalue weighted by Crippen LogP contribution is 2.18. The van der Waals surface area contributed by atoms with Crippen molar-refractivity contribution in [3.05, 3.63) is 52.4 Å². The summed E-state index contributed by atoms with van der Waals surface area (Å²) in [6, 6.07) is 7.50. The summed E-state index contributed by atoms with van der Waals surface area (Å²) in [5.41, 5.74) is 2.23. The predicted molar refractivity (Wildman–Crippen MR) is 97.1 cm³/mol. The Morgan fingerprint density at radius 3 is 2.56 bits per heavy atom. The molecule has 6 nitrogen and oxygen atoms in total. The number of anilines is 1. The van der Waals surface area contributed by atoms with Crippen molar-refractivity contribution in [2.24, 2.45) is 0 Å². The molecule has 0 N–H and O–H groups in total. The molecule has 2 aromatic heterocycles. The van der Waals surface area contributed by atoms with Crippen molar-refractivity contribution < 1.29 is 9.53 Å². The Morgan fingerprint density at radius 2 is 1.96 bits per heavy atom. The van der Waals surface area contributed by atoms with Crippen LogP contribution in [0.4, 0.5) is 5.82 Å². The lowest BCUT2D eigenvalue weighted by Crippen LogP contribution is -2.46. The largest absolute Gasteiger partial charge is 0.465 e. The molecule has 0 atom stereocenters. The van der Waals surface area contributed by atoms with Crippen molar-refractivity contribution in [2.75, 3.05) is 38.2 Å². The molecule has 3 rings (SSSR count). The molecule has 1 aliphatic heterocycles. The van der Waals surface area contributed by atoms with E-state index in [1.165, 1.54) is 7.11 Å². The molecule has 132 valence electrons. The van der Waals surface area contributed by atoms with E-state index in [0.29, 0.717) is 16.3 Å². The molecule has 3 heterocycles. The van der Waals surface area contributed by atoms with Gasteiger partial charge in [-0.15, -0.1) is 0 Å². The Hall–Kier alpha value is -2.18. The second-order valence-electron chi connectivity index (χ2n) is 6.02. The number of halogens is 1. The molecule has 1 saturated heterocycles. The maximum Gasteiger partial charge on any atom is 0.339 e. The summed E-state index contributed by atoms with van der Waals surface area (Å²) in [6.07, 6.45) is 1.68. The maximum absolute atomic E-state index is 11.7. The number of ether oxygens (including phenoxy) is 1.